The lowest BCUT2D eigenvalue weighted by Gasteiger charge is -2.22. The standard InChI is InChI=1S/C16H28N4O6/c1-9(2)6-11(14(23)24)13(22)19-10(8-18-20-15(17)25)7-12(21)26-16(3,4)5/h8-11H,6-7H2,1-5H3,(H,19,22)(H,23,24)(H3,17,20,25). The molecule has 0 aromatic carbocycles. The molecule has 5 N–H and O–H groups in total. The monoisotopic (exact) mass is 372 g/mol. The van der Waals surface area contributed by atoms with Gasteiger partial charge in [-0.1, -0.05) is 13.8 Å². The highest BCUT2D eigenvalue weighted by molar-refractivity contribution is 5.98. The first-order chi connectivity index (χ1) is 11.8. The summed E-state index contributed by atoms with van der Waals surface area (Å²) in [5.74, 6) is -3.93. The van der Waals surface area contributed by atoms with Crippen LogP contribution in [0.5, 0.6) is 0 Å². The van der Waals surface area contributed by atoms with Gasteiger partial charge in [-0.25, -0.2) is 10.2 Å². The number of carboxylic acids is 1. The van der Waals surface area contributed by atoms with E-state index in [9.17, 15) is 24.3 Å². The number of urea groups is 1. The Labute approximate surface area is 152 Å². The molecule has 0 spiro atoms. The molecule has 0 fully saturated rings. The molecule has 0 aliphatic carbocycles. The first kappa shape index (κ1) is 23.4. The molecule has 0 heterocycles. The SMILES string of the molecule is CC(C)CC(C(=O)O)C(=O)NC(C=NNC(N)=O)CC(=O)OC(C)(C)C. The van der Waals surface area contributed by atoms with Crippen LogP contribution in [0, 0.1) is 11.8 Å². The Morgan fingerprint density at radius 3 is 2.23 bits per heavy atom. The minimum Gasteiger partial charge on any atom is -0.481 e. The number of rotatable bonds is 9. The molecule has 0 radical (unpaired) electrons. The Morgan fingerprint density at radius 1 is 1.23 bits per heavy atom. The molecule has 10 nitrogen and oxygen atoms in total. The van der Waals surface area contributed by atoms with Gasteiger partial charge in [-0.15, -0.1) is 0 Å². The number of carboxylic acid groups (broad SMARTS) is 1. The second-order valence-corrected chi connectivity index (χ2v) is 7.18. The summed E-state index contributed by atoms with van der Waals surface area (Å²) in [6.07, 6.45) is 0.929. The lowest BCUT2D eigenvalue weighted by molar-refractivity contribution is -0.155. The topological polar surface area (TPSA) is 160 Å². The van der Waals surface area contributed by atoms with Crippen molar-refractivity contribution in [1.29, 1.82) is 0 Å². The highest BCUT2D eigenvalue weighted by Gasteiger charge is 2.29. The fourth-order valence-electron chi connectivity index (χ4n) is 1.97. The maximum atomic E-state index is 12.3. The number of aliphatic carboxylic acids is 1. The van der Waals surface area contributed by atoms with Crippen LogP contribution in [0.15, 0.2) is 5.10 Å². The molecule has 0 aromatic heterocycles. The molecule has 0 saturated heterocycles. The number of hydrogen-bond donors (Lipinski definition) is 4. The third-order valence-corrected chi connectivity index (χ3v) is 2.89. The minimum atomic E-state index is -1.27. The van der Waals surface area contributed by atoms with Crippen LogP contribution in [0.1, 0.15) is 47.5 Å². The van der Waals surface area contributed by atoms with Crippen LogP contribution in [-0.2, 0) is 19.1 Å². The second-order valence-electron chi connectivity index (χ2n) is 7.18. The summed E-state index contributed by atoms with van der Waals surface area (Å²) >= 11 is 0. The van der Waals surface area contributed by atoms with Gasteiger partial charge in [-0.3, -0.25) is 14.4 Å². The zero-order valence-corrected chi connectivity index (χ0v) is 15.7. The van der Waals surface area contributed by atoms with E-state index in [2.05, 4.69) is 10.4 Å². The zero-order chi connectivity index (χ0) is 20.5. The molecule has 0 bridgehead atoms. The van der Waals surface area contributed by atoms with Crippen LogP contribution in [0.3, 0.4) is 0 Å². The quantitative estimate of drug-likeness (QED) is 0.201. The van der Waals surface area contributed by atoms with Gasteiger partial charge >= 0.3 is 18.0 Å². The molecule has 3 amide bonds. The van der Waals surface area contributed by atoms with E-state index in [1.807, 2.05) is 5.43 Å². The summed E-state index contributed by atoms with van der Waals surface area (Å²) in [7, 11) is 0. The van der Waals surface area contributed by atoms with E-state index >= 15 is 0 Å². The predicted octanol–water partition coefficient (Wildman–Crippen LogP) is 0.604. The lowest BCUT2D eigenvalue weighted by atomic mass is 9.96. The van der Waals surface area contributed by atoms with Gasteiger partial charge in [0.05, 0.1) is 12.5 Å². The Kier molecular flexibility index (Phi) is 9.31. The molecule has 148 valence electrons. The van der Waals surface area contributed by atoms with Gasteiger partial charge in [0.2, 0.25) is 5.91 Å². The number of nitrogens with one attached hydrogen (secondary N) is 2. The second kappa shape index (κ2) is 10.4. The molecular weight excluding hydrogens is 344 g/mol. The van der Waals surface area contributed by atoms with Crippen LogP contribution >= 0.6 is 0 Å². The largest absolute Gasteiger partial charge is 0.481 e. The first-order valence-corrected chi connectivity index (χ1v) is 8.15. The predicted molar refractivity (Wildman–Crippen MR) is 94.2 cm³/mol. The van der Waals surface area contributed by atoms with Gasteiger partial charge in [0.15, 0.2) is 0 Å². The van der Waals surface area contributed by atoms with Gasteiger partial charge in [0.25, 0.3) is 0 Å². The average Bonchev–Trinajstić information content (AvgIpc) is 2.41. The number of nitrogens with zero attached hydrogens (tertiary/aromatic N) is 1. The average molecular weight is 372 g/mol. The van der Waals surface area contributed by atoms with E-state index in [1.54, 1.807) is 34.6 Å². The van der Waals surface area contributed by atoms with Gasteiger partial charge in [-0.2, -0.15) is 5.10 Å². The summed E-state index contributed by atoms with van der Waals surface area (Å²) in [5, 5.41) is 15.2. The smallest absolute Gasteiger partial charge is 0.332 e. The third kappa shape index (κ3) is 11.0. The number of nitrogens with two attached hydrogens (primary N) is 1. The highest BCUT2D eigenvalue weighted by atomic mass is 16.6. The molecule has 2 unspecified atom stereocenters. The molecule has 2 atom stereocenters. The van der Waals surface area contributed by atoms with Crippen LogP contribution in [-0.4, -0.2) is 46.8 Å². The summed E-state index contributed by atoms with van der Waals surface area (Å²) in [4.78, 5) is 46.2. The Hall–Kier alpha value is -2.65. The van der Waals surface area contributed by atoms with Crippen LogP contribution in [0.4, 0.5) is 4.79 Å². The van der Waals surface area contributed by atoms with Gasteiger partial charge in [0, 0.05) is 6.21 Å². The number of hydrogen-bond acceptors (Lipinski definition) is 6. The van der Waals surface area contributed by atoms with Crippen LogP contribution in [0.25, 0.3) is 0 Å². The van der Waals surface area contributed by atoms with Crippen molar-refractivity contribution in [3.8, 4) is 0 Å². The van der Waals surface area contributed by atoms with Crippen molar-refractivity contribution < 1.29 is 29.0 Å². The maximum absolute atomic E-state index is 12.3. The fourth-order valence-corrected chi connectivity index (χ4v) is 1.97. The molecule has 0 aromatic rings. The van der Waals surface area contributed by atoms with E-state index in [-0.39, 0.29) is 18.8 Å². The number of carbonyl (C=O) groups is 4. The Balaban J connectivity index is 5.16. The maximum Gasteiger partial charge on any atom is 0.332 e. The molecule has 26 heavy (non-hydrogen) atoms. The van der Waals surface area contributed by atoms with Crippen molar-refractivity contribution in [2.75, 3.05) is 0 Å². The van der Waals surface area contributed by atoms with Gasteiger partial charge in [-0.05, 0) is 33.1 Å². The van der Waals surface area contributed by atoms with E-state index < -0.39 is 41.4 Å². The van der Waals surface area contributed by atoms with E-state index in [4.69, 9.17) is 10.5 Å². The molecule has 0 aliphatic heterocycles. The summed E-state index contributed by atoms with van der Waals surface area (Å²) in [6.45, 7) is 8.64. The molecule has 0 aliphatic rings. The van der Waals surface area contributed by atoms with E-state index in [0.717, 1.165) is 6.21 Å². The molecule has 0 rings (SSSR count). The number of carbonyl (C=O) groups excluding carboxylic acids is 3. The van der Waals surface area contributed by atoms with E-state index in [0.29, 0.717) is 0 Å². The first-order valence-electron chi connectivity index (χ1n) is 8.15. The number of hydrazone groups is 1. The van der Waals surface area contributed by atoms with E-state index in [1.165, 1.54) is 0 Å². The Morgan fingerprint density at radius 2 is 1.81 bits per heavy atom. The van der Waals surface area contributed by atoms with Crippen LogP contribution < -0.4 is 16.5 Å². The van der Waals surface area contributed by atoms with Crippen molar-refractivity contribution in [3.05, 3.63) is 0 Å². The number of ether oxygens (including phenoxy) is 1. The highest BCUT2D eigenvalue weighted by Crippen LogP contribution is 2.13. The third-order valence-electron chi connectivity index (χ3n) is 2.89. The van der Waals surface area contributed by atoms with Gasteiger partial charge in [0.1, 0.15) is 11.5 Å². The van der Waals surface area contributed by atoms with Crippen molar-refractivity contribution in [2.45, 2.75) is 59.1 Å². The summed E-state index contributed by atoms with van der Waals surface area (Å²) in [5.41, 5.74) is 6.10. The summed E-state index contributed by atoms with van der Waals surface area (Å²) < 4.78 is 5.17. The molecular formula is C16H28N4O6. The van der Waals surface area contributed by atoms with Crippen molar-refractivity contribution in [1.82, 2.24) is 10.7 Å². The number of amides is 3. The number of primary amides is 1. The molecule has 10 heteroatoms. The Bertz CT molecular complexity index is 553. The number of esters is 1. The summed E-state index contributed by atoms with van der Waals surface area (Å²) in [6, 6.07) is -1.90. The molecule has 0 saturated carbocycles. The fraction of sp³-hybridized carbons (Fsp3) is 0.688. The van der Waals surface area contributed by atoms with Crippen LogP contribution in [0.2, 0.25) is 0 Å². The lowest BCUT2D eigenvalue weighted by Crippen LogP contribution is -2.44. The zero-order valence-electron chi connectivity index (χ0n) is 15.7. The van der Waals surface area contributed by atoms with Gasteiger partial charge < -0.3 is 20.9 Å². The van der Waals surface area contributed by atoms with Crippen molar-refractivity contribution in [2.24, 2.45) is 22.7 Å². The van der Waals surface area contributed by atoms with Crippen molar-refractivity contribution in [3.63, 3.8) is 0 Å². The minimum absolute atomic E-state index is 0.0173. The van der Waals surface area contributed by atoms with Crippen molar-refractivity contribution >= 4 is 30.1 Å². The normalized spacial score (nSPS) is 13.9.